The van der Waals surface area contributed by atoms with Crippen LogP contribution in [0.1, 0.15) is 20.8 Å². The highest BCUT2D eigenvalue weighted by Crippen LogP contribution is 2.01. The third-order valence-corrected chi connectivity index (χ3v) is 2.09. The van der Waals surface area contributed by atoms with Crippen molar-refractivity contribution in [1.29, 1.82) is 0 Å². The monoisotopic (exact) mass is 202 g/mol. The van der Waals surface area contributed by atoms with Crippen molar-refractivity contribution in [2.24, 2.45) is 0 Å². The Hall–Kier alpha value is -1.10. The molecule has 0 saturated heterocycles. The first-order chi connectivity index (χ1) is 6.35. The van der Waals surface area contributed by atoms with Crippen molar-refractivity contribution in [3.05, 3.63) is 0 Å². The van der Waals surface area contributed by atoms with Gasteiger partial charge in [-0.3, -0.25) is 4.79 Å². The molecule has 0 bridgehead atoms. The summed E-state index contributed by atoms with van der Waals surface area (Å²) < 4.78 is 4.49. The lowest BCUT2D eigenvalue weighted by Gasteiger charge is -2.24. The largest absolute Gasteiger partial charge is 0.467 e. The van der Waals surface area contributed by atoms with Gasteiger partial charge in [0.05, 0.1) is 12.6 Å². The summed E-state index contributed by atoms with van der Waals surface area (Å²) in [5.74, 6) is -0.692. The molecule has 5 heteroatoms. The highest BCUT2D eigenvalue weighted by Gasteiger charge is 2.28. The summed E-state index contributed by atoms with van der Waals surface area (Å²) in [7, 11) is 2.97. The fraction of sp³-hybridized carbons (Fsp3) is 0.778. The number of rotatable bonds is 4. The SMILES string of the molecule is CNC(C)(C)C(=O)NC(C)C(=O)OC. The topological polar surface area (TPSA) is 67.4 Å². The second kappa shape index (κ2) is 4.95. The molecular formula is C9H18N2O3. The van der Waals surface area contributed by atoms with Crippen LogP contribution in [0.3, 0.4) is 0 Å². The molecule has 0 saturated carbocycles. The molecule has 0 fully saturated rings. The molecule has 0 aromatic heterocycles. The summed E-state index contributed by atoms with van der Waals surface area (Å²) in [6, 6.07) is -0.625. The van der Waals surface area contributed by atoms with Crippen molar-refractivity contribution < 1.29 is 14.3 Å². The molecule has 0 aliphatic rings. The van der Waals surface area contributed by atoms with Gasteiger partial charge in [-0.05, 0) is 27.8 Å². The van der Waals surface area contributed by atoms with Gasteiger partial charge in [-0.1, -0.05) is 0 Å². The molecule has 0 aromatic carbocycles. The maximum Gasteiger partial charge on any atom is 0.328 e. The standard InChI is InChI=1S/C9H18N2O3/c1-6(7(12)14-5)11-8(13)9(2,3)10-4/h6,10H,1-5H3,(H,11,13). The molecule has 0 heterocycles. The average molecular weight is 202 g/mol. The van der Waals surface area contributed by atoms with Gasteiger partial charge in [-0.25, -0.2) is 4.79 Å². The molecule has 82 valence electrons. The number of hydrogen-bond acceptors (Lipinski definition) is 4. The van der Waals surface area contributed by atoms with Crippen LogP contribution < -0.4 is 10.6 Å². The van der Waals surface area contributed by atoms with Gasteiger partial charge in [0, 0.05) is 0 Å². The smallest absolute Gasteiger partial charge is 0.328 e. The summed E-state index contributed by atoms with van der Waals surface area (Å²) in [5, 5.41) is 5.39. The van der Waals surface area contributed by atoms with Gasteiger partial charge < -0.3 is 15.4 Å². The van der Waals surface area contributed by atoms with Gasteiger partial charge in [0.2, 0.25) is 5.91 Å². The fourth-order valence-corrected chi connectivity index (χ4v) is 0.726. The molecule has 5 nitrogen and oxygen atoms in total. The van der Waals surface area contributed by atoms with Crippen LogP contribution in [0.2, 0.25) is 0 Å². The Balaban J connectivity index is 4.26. The van der Waals surface area contributed by atoms with Gasteiger partial charge in [0.25, 0.3) is 0 Å². The van der Waals surface area contributed by atoms with E-state index in [4.69, 9.17) is 0 Å². The Labute approximate surface area is 84.2 Å². The quantitative estimate of drug-likeness (QED) is 0.612. The van der Waals surface area contributed by atoms with E-state index in [1.165, 1.54) is 7.11 Å². The number of nitrogens with one attached hydrogen (secondary N) is 2. The Bertz CT molecular complexity index is 226. The zero-order chi connectivity index (χ0) is 11.4. The minimum Gasteiger partial charge on any atom is -0.467 e. The fourth-order valence-electron chi connectivity index (χ4n) is 0.726. The van der Waals surface area contributed by atoms with Crippen LogP contribution in [0.4, 0.5) is 0 Å². The van der Waals surface area contributed by atoms with Crippen molar-refractivity contribution >= 4 is 11.9 Å². The third kappa shape index (κ3) is 3.33. The van der Waals surface area contributed by atoms with Crippen LogP contribution in [-0.4, -0.2) is 37.6 Å². The molecule has 0 aliphatic heterocycles. The third-order valence-electron chi connectivity index (χ3n) is 2.09. The normalized spacial score (nSPS) is 13.2. The predicted molar refractivity (Wildman–Crippen MR) is 52.8 cm³/mol. The highest BCUT2D eigenvalue weighted by molar-refractivity contribution is 5.89. The van der Waals surface area contributed by atoms with Crippen molar-refractivity contribution in [3.8, 4) is 0 Å². The Morgan fingerprint density at radius 2 is 1.86 bits per heavy atom. The first kappa shape index (κ1) is 12.9. The number of amides is 1. The van der Waals surface area contributed by atoms with Crippen LogP contribution in [0.25, 0.3) is 0 Å². The molecule has 0 radical (unpaired) electrons. The molecule has 0 spiro atoms. The minimum absolute atomic E-state index is 0.238. The zero-order valence-electron chi connectivity index (χ0n) is 9.30. The molecule has 2 N–H and O–H groups in total. The van der Waals surface area contributed by atoms with Gasteiger partial charge in [-0.15, -0.1) is 0 Å². The van der Waals surface area contributed by atoms with E-state index in [1.807, 2.05) is 0 Å². The first-order valence-electron chi connectivity index (χ1n) is 4.43. The summed E-state index contributed by atoms with van der Waals surface area (Å²) in [6.07, 6.45) is 0. The lowest BCUT2D eigenvalue weighted by Crippen LogP contribution is -2.54. The van der Waals surface area contributed by atoms with Crippen LogP contribution in [-0.2, 0) is 14.3 Å². The van der Waals surface area contributed by atoms with E-state index < -0.39 is 17.6 Å². The minimum atomic E-state index is -0.692. The van der Waals surface area contributed by atoms with E-state index in [0.717, 1.165) is 0 Å². The number of carbonyl (C=O) groups excluding carboxylic acids is 2. The van der Waals surface area contributed by atoms with Crippen LogP contribution in [0.5, 0.6) is 0 Å². The molecular weight excluding hydrogens is 184 g/mol. The number of likely N-dealkylation sites (N-methyl/N-ethyl adjacent to an activating group) is 1. The summed E-state index contributed by atoms with van der Waals surface area (Å²) in [4.78, 5) is 22.6. The van der Waals surface area contributed by atoms with E-state index in [0.29, 0.717) is 0 Å². The van der Waals surface area contributed by atoms with Crippen molar-refractivity contribution in [2.45, 2.75) is 32.4 Å². The van der Waals surface area contributed by atoms with E-state index in [-0.39, 0.29) is 5.91 Å². The van der Waals surface area contributed by atoms with Gasteiger partial charge in [0.1, 0.15) is 6.04 Å². The molecule has 14 heavy (non-hydrogen) atoms. The summed E-state index contributed by atoms with van der Waals surface area (Å²) >= 11 is 0. The van der Waals surface area contributed by atoms with Crippen molar-refractivity contribution in [3.63, 3.8) is 0 Å². The summed E-state index contributed by atoms with van der Waals surface area (Å²) in [5.41, 5.74) is -0.692. The lowest BCUT2D eigenvalue weighted by atomic mass is 10.0. The maximum absolute atomic E-state index is 11.5. The second-order valence-corrected chi connectivity index (χ2v) is 3.59. The predicted octanol–water partition coefficient (Wildman–Crippen LogP) is -0.338. The van der Waals surface area contributed by atoms with E-state index in [9.17, 15) is 9.59 Å². The van der Waals surface area contributed by atoms with Crippen LogP contribution in [0.15, 0.2) is 0 Å². The first-order valence-corrected chi connectivity index (χ1v) is 4.43. The zero-order valence-corrected chi connectivity index (χ0v) is 9.30. The number of ether oxygens (including phenoxy) is 1. The number of carbonyl (C=O) groups is 2. The van der Waals surface area contributed by atoms with Gasteiger partial charge in [-0.2, -0.15) is 0 Å². The molecule has 0 aromatic rings. The average Bonchev–Trinajstić information content (AvgIpc) is 2.16. The van der Waals surface area contributed by atoms with Crippen molar-refractivity contribution in [2.75, 3.05) is 14.2 Å². The second-order valence-electron chi connectivity index (χ2n) is 3.59. The molecule has 0 rings (SSSR count). The molecule has 0 aliphatic carbocycles. The number of hydrogen-bond donors (Lipinski definition) is 2. The Morgan fingerprint density at radius 3 is 2.21 bits per heavy atom. The maximum atomic E-state index is 11.5. The lowest BCUT2D eigenvalue weighted by molar-refractivity contribution is -0.145. The van der Waals surface area contributed by atoms with E-state index in [1.54, 1.807) is 27.8 Å². The van der Waals surface area contributed by atoms with Crippen LogP contribution in [0, 0.1) is 0 Å². The molecule has 1 unspecified atom stereocenters. The number of methoxy groups -OCH3 is 1. The highest BCUT2D eigenvalue weighted by atomic mass is 16.5. The Morgan fingerprint density at radius 1 is 1.36 bits per heavy atom. The summed E-state index contributed by atoms with van der Waals surface area (Å²) in [6.45, 7) is 5.04. The van der Waals surface area contributed by atoms with E-state index >= 15 is 0 Å². The van der Waals surface area contributed by atoms with Gasteiger partial charge in [0.15, 0.2) is 0 Å². The molecule has 1 atom stereocenters. The van der Waals surface area contributed by atoms with Crippen molar-refractivity contribution in [1.82, 2.24) is 10.6 Å². The number of esters is 1. The van der Waals surface area contributed by atoms with E-state index in [2.05, 4.69) is 15.4 Å². The van der Waals surface area contributed by atoms with Crippen LogP contribution >= 0.6 is 0 Å². The van der Waals surface area contributed by atoms with Gasteiger partial charge >= 0.3 is 5.97 Å². The Kier molecular flexibility index (Phi) is 4.56. The molecule has 1 amide bonds.